The van der Waals surface area contributed by atoms with E-state index in [1.165, 1.54) is 6.26 Å². The van der Waals surface area contributed by atoms with E-state index in [2.05, 4.69) is 5.32 Å². The van der Waals surface area contributed by atoms with Crippen molar-refractivity contribution in [3.63, 3.8) is 0 Å². The van der Waals surface area contributed by atoms with Crippen LogP contribution in [0.4, 0.5) is 0 Å². The minimum Gasteiger partial charge on any atom is -0.481 e. The van der Waals surface area contributed by atoms with Gasteiger partial charge in [0.2, 0.25) is 5.91 Å². The molecule has 1 amide bonds. The quantitative estimate of drug-likeness (QED) is 0.662. The third-order valence-corrected chi connectivity index (χ3v) is 4.85. The Bertz CT molecular complexity index is 493. The molecule has 0 aromatic heterocycles. The molecule has 122 valence electrons. The number of amides is 1. The summed E-state index contributed by atoms with van der Waals surface area (Å²) in [6.07, 6.45) is 3.32. The van der Waals surface area contributed by atoms with E-state index in [1.54, 1.807) is 0 Å². The molecule has 21 heavy (non-hydrogen) atoms. The van der Waals surface area contributed by atoms with Gasteiger partial charge in [-0.1, -0.05) is 13.8 Å². The van der Waals surface area contributed by atoms with Crippen molar-refractivity contribution in [3.05, 3.63) is 0 Å². The molecule has 0 radical (unpaired) electrons. The third-order valence-electron chi connectivity index (χ3n) is 3.71. The van der Waals surface area contributed by atoms with E-state index in [0.29, 0.717) is 6.42 Å². The van der Waals surface area contributed by atoms with Crippen molar-refractivity contribution in [3.8, 4) is 0 Å². The molecule has 0 heterocycles. The van der Waals surface area contributed by atoms with Gasteiger partial charge >= 0.3 is 5.97 Å². The Morgan fingerprint density at radius 1 is 1.29 bits per heavy atom. The van der Waals surface area contributed by atoms with E-state index < -0.39 is 27.1 Å². The van der Waals surface area contributed by atoms with Gasteiger partial charge in [0.25, 0.3) is 0 Å². The highest BCUT2D eigenvalue weighted by Gasteiger charge is 2.46. The number of carboxylic acid groups (broad SMARTS) is 1. The average molecular weight is 319 g/mol. The zero-order valence-corrected chi connectivity index (χ0v) is 13.7. The summed E-state index contributed by atoms with van der Waals surface area (Å²) < 4.78 is 22.7. The topological polar surface area (TPSA) is 101 Å². The van der Waals surface area contributed by atoms with Gasteiger partial charge in [-0.25, -0.2) is 8.42 Å². The van der Waals surface area contributed by atoms with Crippen molar-refractivity contribution in [2.45, 2.75) is 39.5 Å². The molecule has 1 rings (SSSR count). The second kappa shape index (κ2) is 6.77. The number of nitrogens with one attached hydrogen (secondary N) is 1. The van der Waals surface area contributed by atoms with Gasteiger partial charge in [0.15, 0.2) is 0 Å². The molecule has 1 atom stereocenters. The van der Waals surface area contributed by atoms with Crippen LogP contribution in [0, 0.1) is 17.3 Å². The van der Waals surface area contributed by atoms with Gasteiger partial charge in [-0.05, 0) is 30.6 Å². The molecule has 1 aliphatic carbocycles. The van der Waals surface area contributed by atoms with E-state index in [-0.39, 0.29) is 30.5 Å². The Kier molecular flexibility index (Phi) is 5.78. The van der Waals surface area contributed by atoms with E-state index in [4.69, 9.17) is 5.11 Å². The van der Waals surface area contributed by atoms with Gasteiger partial charge in [0.05, 0.1) is 11.7 Å². The van der Waals surface area contributed by atoms with E-state index in [9.17, 15) is 18.0 Å². The predicted octanol–water partition coefficient (Wildman–Crippen LogP) is 1.06. The molecule has 0 aromatic carbocycles. The van der Waals surface area contributed by atoms with Gasteiger partial charge in [-0.15, -0.1) is 0 Å². The highest BCUT2D eigenvalue weighted by atomic mass is 32.2. The standard InChI is InChI=1S/C14H25NO5S/c1-10(2)6-11(13(17)18)8-15-12(16)7-14(4-5-14)9-21(3,19)20/h10-11H,4-9H2,1-3H3,(H,15,16)(H,17,18). The summed E-state index contributed by atoms with van der Waals surface area (Å²) in [5, 5.41) is 11.7. The fourth-order valence-electron chi connectivity index (χ4n) is 2.59. The highest BCUT2D eigenvalue weighted by Crippen LogP contribution is 2.49. The molecule has 0 aromatic rings. The predicted molar refractivity (Wildman–Crippen MR) is 79.6 cm³/mol. The first-order valence-electron chi connectivity index (χ1n) is 7.20. The van der Waals surface area contributed by atoms with Crippen molar-refractivity contribution >= 4 is 21.7 Å². The lowest BCUT2D eigenvalue weighted by molar-refractivity contribution is -0.142. The molecule has 1 fully saturated rings. The number of sulfone groups is 1. The largest absolute Gasteiger partial charge is 0.481 e. The molecule has 0 saturated heterocycles. The zero-order valence-electron chi connectivity index (χ0n) is 12.9. The Labute approximate surface area is 126 Å². The Morgan fingerprint density at radius 2 is 1.86 bits per heavy atom. The number of hydrogen-bond donors (Lipinski definition) is 2. The summed E-state index contributed by atoms with van der Waals surface area (Å²) >= 11 is 0. The maximum absolute atomic E-state index is 11.9. The summed E-state index contributed by atoms with van der Waals surface area (Å²) in [7, 11) is -3.10. The van der Waals surface area contributed by atoms with Gasteiger partial charge in [0.1, 0.15) is 9.84 Å². The highest BCUT2D eigenvalue weighted by molar-refractivity contribution is 7.90. The summed E-state index contributed by atoms with van der Waals surface area (Å²) in [6, 6.07) is 0. The number of rotatable bonds is 9. The molecule has 0 bridgehead atoms. The second-order valence-corrected chi connectivity index (χ2v) is 8.86. The Balaban J connectivity index is 2.45. The van der Waals surface area contributed by atoms with Gasteiger partial charge in [-0.3, -0.25) is 9.59 Å². The van der Waals surface area contributed by atoms with Crippen LogP contribution in [0.15, 0.2) is 0 Å². The van der Waals surface area contributed by atoms with Crippen LogP contribution in [-0.4, -0.2) is 44.0 Å². The normalized spacial score (nSPS) is 18.3. The smallest absolute Gasteiger partial charge is 0.308 e. The number of aliphatic carboxylic acids is 1. The summed E-state index contributed by atoms with van der Waals surface area (Å²) in [6.45, 7) is 3.97. The zero-order chi connectivity index (χ0) is 16.3. The molecule has 0 aliphatic heterocycles. The van der Waals surface area contributed by atoms with E-state index >= 15 is 0 Å². The first kappa shape index (κ1) is 17.9. The van der Waals surface area contributed by atoms with Crippen molar-refractivity contribution in [1.82, 2.24) is 5.32 Å². The van der Waals surface area contributed by atoms with Crippen LogP contribution in [0.1, 0.15) is 39.5 Å². The first-order valence-corrected chi connectivity index (χ1v) is 9.26. The lowest BCUT2D eigenvalue weighted by atomic mass is 9.97. The number of carbonyl (C=O) groups is 2. The number of carbonyl (C=O) groups excluding carboxylic acids is 1. The van der Waals surface area contributed by atoms with Crippen molar-refractivity contribution in [2.24, 2.45) is 17.3 Å². The molecule has 0 spiro atoms. The average Bonchev–Trinajstić information content (AvgIpc) is 3.00. The Morgan fingerprint density at radius 3 is 2.24 bits per heavy atom. The lowest BCUT2D eigenvalue weighted by Gasteiger charge is -2.17. The minimum atomic E-state index is -3.10. The number of hydrogen-bond acceptors (Lipinski definition) is 4. The molecule has 1 unspecified atom stereocenters. The van der Waals surface area contributed by atoms with Crippen LogP contribution in [0.5, 0.6) is 0 Å². The lowest BCUT2D eigenvalue weighted by Crippen LogP contribution is -2.35. The van der Waals surface area contributed by atoms with Crippen LogP contribution < -0.4 is 5.32 Å². The molecule has 2 N–H and O–H groups in total. The Hall–Kier alpha value is -1.11. The fourth-order valence-corrected chi connectivity index (χ4v) is 4.09. The third kappa shape index (κ3) is 6.93. The summed E-state index contributed by atoms with van der Waals surface area (Å²) in [5.41, 5.74) is -0.422. The van der Waals surface area contributed by atoms with E-state index in [0.717, 1.165) is 12.8 Å². The van der Waals surface area contributed by atoms with Crippen molar-refractivity contribution < 1.29 is 23.1 Å². The van der Waals surface area contributed by atoms with Crippen LogP contribution in [0.25, 0.3) is 0 Å². The first-order chi connectivity index (χ1) is 9.53. The SMILES string of the molecule is CC(C)CC(CNC(=O)CC1(CS(C)(=O)=O)CC1)C(=O)O. The van der Waals surface area contributed by atoms with Gasteiger partial charge < -0.3 is 10.4 Å². The van der Waals surface area contributed by atoms with Gasteiger partial charge in [0, 0.05) is 19.2 Å². The second-order valence-electron chi connectivity index (χ2n) is 6.72. The summed E-state index contributed by atoms with van der Waals surface area (Å²) in [4.78, 5) is 23.0. The molecule has 1 saturated carbocycles. The molecular formula is C14H25NO5S. The van der Waals surface area contributed by atoms with Crippen molar-refractivity contribution in [1.29, 1.82) is 0 Å². The van der Waals surface area contributed by atoms with Gasteiger partial charge in [-0.2, -0.15) is 0 Å². The molecule has 7 heteroatoms. The van der Waals surface area contributed by atoms with Crippen LogP contribution in [0.3, 0.4) is 0 Å². The monoisotopic (exact) mass is 319 g/mol. The van der Waals surface area contributed by atoms with Crippen molar-refractivity contribution in [2.75, 3.05) is 18.6 Å². The van der Waals surface area contributed by atoms with Crippen LogP contribution in [-0.2, 0) is 19.4 Å². The van der Waals surface area contributed by atoms with E-state index in [1.807, 2.05) is 13.8 Å². The molecule has 6 nitrogen and oxygen atoms in total. The molecular weight excluding hydrogens is 294 g/mol. The molecule has 1 aliphatic rings. The van der Waals surface area contributed by atoms with Crippen LogP contribution >= 0.6 is 0 Å². The minimum absolute atomic E-state index is 0.0295. The fraction of sp³-hybridized carbons (Fsp3) is 0.857. The van der Waals surface area contributed by atoms with Crippen LogP contribution in [0.2, 0.25) is 0 Å². The summed E-state index contributed by atoms with van der Waals surface area (Å²) in [5.74, 6) is -1.50. The maximum atomic E-state index is 11.9. The number of carboxylic acids is 1. The maximum Gasteiger partial charge on any atom is 0.308 e.